The Bertz CT molecular complexity index is 1850. The van der Waals surface area contributed by atoms with Crippen LogP contribution in [0, 0.1) is 6.92 Å². The van der Waals surface area contributed by atoms with Gasteiger partial charge in [-0.3, -0.25) is 13.9 Å². The number of aromatic nitrogens is 2. The fourth-order valence-corrected chi connectivity index (χ4v) is 7.27. The van der Waals surface area contributed by atoms with Crippen molar-refractivity contribution in [1.29, 1.82) is 0 Å². The first kappa shape index (κ1) is 27.7. The number of sulfonamides is 1. The third kappa shape index (κ3) is 5.29. The molecule has 0 fully saturated rings. The summed E-state index contributed by atoms with van der Waals surface area (Å²) in [5.41, 5.74) is 3.49. The lowest BCUT2D eigenvalue weighted by Gasteiger charge is -2.18. The third-order valence-electron chi connectivity index (χ3n) is 7.11. The van der Waals surface area contributed by atoms with E-state index in [1.807, 2.05) is 37.3 Å². The van der Waals surface area contributed by atoms with Crippen molar-refractivity contribution in [2.24, 2.45) is 0 Å². The number of benzene rings is 3. The SMILES string of the molecule is CCCC(CC(=O)NS(=O)(=O)c1ccc(OC)cc1)n1c(=O)n(Cc2csc3cccc(C)c23)c2ccccc21. The summed E-state index contributed by atoms with van der Waals surface area (Å²) in [5.74, 6) is -0.160. The molecule has 2 heterocycles. The van der Waals surface area contributed by atoms with E-state index in [4.69, 9.17) is 4.74 Å². The second-order valence-electron chi connectivity index (χ2n) is 9.79. The first-order valence-corrected chi connectivity index (χ1v) is 15.4. The predicted octanol–water partition coefficient (Wildman–Crippen LogP) is 5.62. The normalized spacial score (nSPS) is 12.6. The molecule has 3 aromatic carbocycles. The molecule has 1 atom stereocenters. The Labute approximate surface area is 236 Å². The highest BCUT2D eigenvalue weighted by atomic mass is 32.2. The zero-order chi connectivity index (χ0) is 28.4. The number of amides is 1. The molecule has 40 heavy (non-hydrogen) atoms. The second kappa shape index (κ2) is 11.3. The van der Waals surface area contributed by atoms with Crippen LogP contribution in [0.5, 0.6) is 5.75 Å². The Morgan fingerprint density at radius 2 is 1.75 bits per heavy atom. The lowest BCUT2D eigenvalue weighted by atomic mass is 10.1. The first-order valence-electron chi connectivity index (χ1n) is 13.1. The molecule has 1 amide bonds. The number of rotatable bonds is 10. The summed E-state index contributed by atoms with van der Waals surface area (Å²) in [5, 5.41) is 3.25. The second-order valence-corrected chi connectivity index (χ2v) is 12.4. The van der Waals surface area contributed by atoms with E-state index < -0.39 is 22.0 Å². The van der Waals surface area contributed by atoms with Gasteiger partial charge in [0.25, 0.3) is 10.0 Å². The van der Waals surface area contributed by atoms with E-state index in [-0.39, 0.29) is 17.0 Å². The van der Waals surface area contributed by atoms with Gasteiger partial charge < -0.3 is 4.74 Å². The maximum Gasteiger partial charge on any atom is 0.329 e. The summed E-state index contributed by atoms with van der Waals surface area (Å²) in [6.45, 7) is 4.44. The highest BCUT2D eigenvalue weighted by Crippen LogP contribution is 2.31. The molecular weight excluding hydrogens is 546 g/mol. The number of aryl methyl sites for hydroxylation is 1. The molecule has 1 N–H and O–H groups in total. The van der Waals surface area contributed by atoms with Crippen LogP contribution in [0.1, 0.15) is 43.4 Å². The molecule has 8 nitrogen and oxygen atoms in total. The van der Waals surface area contributed by atoms with Gasteiger partial charge in [0.05, 0.1) is 29.6 Å². The summed E-state index contributed by atoms with van der Waals surface area (Å²) in [6, 6.07) is 19.0. The molecule has 1 unspecified atom stereocenters. The van der Waals surface area contributed by atoms with Crippen molar-refractivity contribution in [2.45, 2.75) is 50.6 Å². The highest BCUT2D eigenvalue weighted by Gasteiger charge is 2.25. The van der Waals surface area contributed by atoms with E-state index in [2.05, 4.69) is 29.2 Å². The topological polar surface area (TPSA) is 99.4 Å². The number of methoxy groups -OCH3 is 1. The number of nitrogens with zero attached hydrogens (tertiary/aromatic N) is 2. The Morgan fingerprint density at radius 3 is 2.45 bits per heavy atom. The number of thiophene rings is 1. The van der Waals surface area contributed by atoms with Gasteiger partial charge in [-0.2, -0.15) is 0 Å². The number of ether oxygens (including phenoxy) is 1. The summed E-state index contributed by atoms with van der Waals surface area (Å²) in [4.78, 5) is 27.0. The molecule has 208 valence electrons. The number of hydrogen-bond acceptors (Lipinski definition) is 6. The molecule has 0 radical (unpaired) electrons. The van der Waals surface area contributed by atoms with Crippen LogP contribution in [0.3, 0.4) is 0 Å². The van der Waals surface area contributed by atoms with Crippen molar-refractivity contribution >= 4 is 48.4 Å². The van der Waals surface area contributed by atoms with Gasteiger partial charge in [0, 0.05) is 22.5 Å². The van der Waals surface area contributed by atoms with Gasteiger partial charge >= 0.3 is 5.69 Å². The van der Waals surface area contributed by atoms with Gasteiger partial charge in [-0.05, 0) is 72.3 Å². The molecule has 0 saturated heterocycles. The number of para-hydroxylation sites is 2. The van der Waals surface area contributed by atoms with Crippen LogP contribution < -0.4 is 15.1 Å². The summed E-state index contributed by atoms with van der Waals surface area (Å²) in [7, 11) is -2.59. The fourth-order valence-electron chi connectivity index (χ4n) is 5.24. The maximum atomic E-state index is 14.0. The van der Waals surface area contributed by atoms with Crippen molar-refractivity contribution in [3.05, 3.63) is 93.7 Å². The molecule has 5 rings (SSSR count). The zero-order valence-electron chi connectivity index (χ0n) is 22.6. The van der Waals surface area contributed by atoms with Crippen molar-refractivity contribution in [3.8, 4) is 5.75 Å². The molecule has 0 saturated carbocycles. The zero-order valence-corrected chi connectivity index (χ0v) is 24.2. The van der Waals surface area contributed by atoms with Gasteiger partial charge in [-0.25, -0.2) is 17.9 Å². The molecular formula is C30H31N3O5S2. The Balaban J connectivity index is 1.48. The van der Waals surface area contributed by atoms with E-state index in [9.17, 15) is 18.0 Å². The molecule has 0 aliphatic rings. The number of imidazole rings is 1. The number of hydrogen-bond donors (Lipinski definition) is 1. The Hall–Kier alpha value is -3.89. The molecule has 10 heteroatoms. The van der Waals surface area contributed by atoms with Crippen molar-refractivity contribution < 1.29 is 17.9 Å². The third-order valence-corrected chi connectivity index (χ3v) is 9.49. The number of carbonyl (C=O) groups excluding carboxylic acids is 1. The summed E-state index contributed by atoms with van der Waals surface area (Å²) < 4.78 is 37.6. The quantitative estimate of drug-likeness (QED) is 0.232. The molecule has 0 aliphatic carbocycles. The van der Waals surface area contributed by atoms with Crippen LogP contribution in [0.25, 0.3) is 21.1 Å². The van der Waals surface area contributed by atoms with Crippen LogP contribution in [-0.2, 0) is 21.4 Å². The van der Waals surface area contributed by atoms with E-state index in [1.165, 1.54) is 36.1 Å². The van der Waals surface area contributed by atoms with Gasteiger partial charge in [0.15, 0.2) is 0 Å². The average molecular weight is 578 g/mol. The number of fused-ring (bicyclic) bond motifs is 2. The fraction of sp³-hybridized carbons (Fsp3) is 0.267. The van der Waals surface area contributed by atoms with Crippen molar-refractivity contribution in [3.63, 3.8) is 0 Å². The van der Waals surface area contributed by atoms with Crippen LogP contribution in [-0.4, -0.2) is 30.6 Å². The lowest BCUT2D eigenvalue weighted by molar-refractivity contribution is -0.120. The largest absolute Gasteiger partial charge is 0.497 e. The van der Waals surface area contributed by atoms with Gasteiger partial charge in [-0.1, -0.05) is 37.6 Å². The monoisotopic (exact) mass is 577 g/mol. The Morgan fingerprint density at radius 1 is 1.02 bits per heavy atom. The minimum Gasteiger partial charge on any atom is -0.497 e. The van der Waals surface area contributed by atoms with Crippen molar-refractivity contribution in [1.82, 2.24) is 13.9 Å². The molecule has 0 bridgehead atoms. The van der Waals surface area contributed by atoms with E-state index >= 15 is 0 Å². The lowest BCUT2D eigenvalue weighted by Crippen LogP contribution is -2.35. The van der Waals surface area contributed by atoms with Gasteiger partial charge in [0.2, 0.25) is 5.91 Å². The molecule has 5 aromatic rings. The predicted molar refractivity (Wildman–Crippen MR) is 159 cm³/mol. The van der Waals surface area contributed by atoms with E-state index in [1.54, 1.807) is 20.5 Å². The van der Waals surface area contributed by atoms with Crippen LogP contribution >= 0.6 is 11.3 Å². The molecule has 2 aromatic heterocycles. The highest BCUT2D eigenvalue weighted by molar-refractivity contribution is 7.90. The minimum absolute atomic E-state index is 0.0410. The standard InChI is InChI=1S/C30H31N3O5S2/c1-4-8-22(17-28(34)31-40(36,37)24-15-13-23(38-3)14-16-24)33-26-11-6-5-10-25(26)32(30(33)35)18-21-19-39-27-12-7-9-20(2)29(21)27/h5-7,9-16,19,22H,4,8,17-18H2,1-3H3,(H,31,34). The van der Waals surface area contributed by atoms with Crippen LogP contribution in [0.4, 0.5) is 0 Å². The van der Waals surface area contributed by atoms with Gasteiger partial charge in [-0.15, -0.1) is 11.3 Å². The number of nitrogens with one attached hydrogen (secondary N) is 1. The first-order chi connectivity index (χ1) is 19.2. The average Bonchev–Trinajstić information content (AvgIpc) is 3.47. The van der Waals surface area contributed by atoms with Crippen molar-refractivity contribution in [2.75, 3.05) is 7.11 Å². The smallest absolute Gasteiger partial charge is 0.329 e. The molecule has 0 aliphatic heterocycles. The van der Waals surface area contributed by atoms with Crippen LogP contribution in [0.2, 0.25) is 0 Å². The number of carbonyl (C=O) groups is 1. The van der Waals surface area contributed by atoms with Gasteiger partial charge in [0.1, 0.15) is 5.75 Å². The van der Waals surface area contributed by atoms with E-state index in [0.717, 1.165) is 22.0 Å². The molecule has 0 spiro atoms. The Kier molecular flexibility index (Phi) is 7.82. The van der Waals surface area contributed by atoms with E-state index in [0.29, 0.717) is 30.7 Å². The summed E-state index contributed by atoms with van der Waals surface area (Å²) >= 11 is 1.65. The summed E-state index contributed by atoms with van der Waals surface area (Å²) in [6.07, 6.45) is 1.09. The van der Waals surface area contributed by atoms with Crippen LogP contribution in [0.15, 0.2) is 81.8 Å². The maximum absolute atomic E-state index is 14.0. The minimum atomic E-state index is -4.08.